The number of carbonyl (C=O) groups excluding carboxylic acids is 2. The third-order valence-electron chi connectivity index (χ3n) is 2.30. The topological polar surface area (TPSA) is 49.4 Å². The van der Waals surface area contributed by atoms with Gasteiger partial charge in [0.1, 0.15) is 5.78 Å². The van der Waals surface area contributed by atoms with Gasteiger partial charge in [-0.25, -0.2) is 0 Å². The van der Waals surface area contributed by atoms with Crippen molar-refractivity contribution in [2.75, 3.05) is 27.2 Å². The van der Waals surface area contributed by atoms with E-state index in [1.54, 1.807) is 0 Å². The maximum absolute atomic E-state index is 11.6. The van der Waals surface area contributed by atoms with Gasteiger partial charge in [0.25, 0.3) is 0 Å². The van der Waals surface area contributed by atoms with E-state index in [-0.39, 0.29) is 17.1 Å². The van der Waals surface area contributed by atoms with Crippen molar-refractivity contribution in [3.63, 3.8) is 0 Å². The lowest BCUT2D eigenvalue weighted by Gasteiger charge is -2.16. The van der Waals surface area contributed by atoms with Crippen molar-refractivity contribution in [2.24, 2.45) is 5.41 Å². The normalized spacial score (nSPS) is 11.6. The van der Waals surface area contributed by atoms with Crippen LogP contribution < -0.4 is 5.32 Å². The minimum atomic E-state index is -0.343. The van der Waals surface area contributed by atoms with Gasteiger partial charge in [0.2, 0.25) is 5.91 Å². The molecule has 0 spiro atoms. The molecule has 0 aromatic heterocycles. The smallest absolute Gasteiger partial charge is 0.220 e. The molecule has 0 atom stereocenters. The minimum absolute atomic E-state index is 0.0422. The number of likely N-dealkylation sites (N-methyl/N-ethyl adjacent to an activating group) is 1. The van der Waals surface area contributed by atoms with Gasteiger partial charge in [-0.1, -0.05) is 20.8 Å². The van der Waals surface area contributed by atoms with Gasteiger partial charge in [0.05, 0.1) is 0 Å². The molecule has 0 aliphatic heterocycles. The Labute approximate surface area is 98.4 Å². The van der Waals surface area contributed by atoms with Crippen molar-refractivity contribution in [2.45, 2.75) is 33.6 Å². The molecule has 16 heavy (non-hydrogen) atoms. The van der Waals surface area contributed by atoms with Crippen molar-refractivity contribution >= 4 is 11.7 Å². The number of ketones is 1. The van der Waals surface area contributed by atoms with E-state index in [1.165, 1.54) is 0 Å². The summed E-state index contributed by atoms with van der Waals surface area (Å²) in [6.07, 6.45) is 0.626. The highest BCUT2D eigenvalue weighted by molar-refractivity contribution is 5.88. The summed E-state index contributed by atoms with van der Waals surface area (Å²) in [5.74, 6) is 0.0923. The zero-order valence-corrected chi connectivity index (χ0v) is 11.1. The first kappa shape index (κ1) is 15.1. The predicted octanol–water partition coefficient (Wildman–Crippen LogP) is 1.06. The first-order chi connectivity index (χ1) is 7.23. The van der Waals surface area contributed by atoms with E-state index in [0.29, 0.717) is 19.4 Å². The fraction of sp³-hybridized carbons (Fsp3) is 0.833. The average molecular weight is 228 g/mol. The van der Waals surface area contributed by atoms with E-state index in [0.717, 1.165) is 6.54 Å². The molecular formula is C12H24N2O2. The van der Waals surface area contributed by atoms with Crippen LogP contribution in [0.25, 0.3) is 0 Å². The lowest BCUT2D eigenvalue weighted by molar-refractivity contribution is -0.129. The summed E-state index contributed by atoms with van der Waals surface area (Å²) in [6.45, 7) is 7.08. The number of carbonyl (C=O) groups is 2. The zero-order chi connectivity index (χ0) is 12.8. The van der Waals surface area contributed by atoms with Crippen molar-refractivity contribution in [1.29, 1.82) is 0 Å². The van der Waals surface area contributed by atoms with Crippen LogP contribution in [0.4, 0.5) is 0 Å². The molecule has 0 bridgehead atoms. The van der Waals surface area contributed by atoms with E-state index < -0.39 is 0 Å². The van der Waals surface area contributed by atoms with E-state index in [4.69, 9.17) is 0 Å². The largest absolute Gasteiger partial charge is 0.355 e. The van der Waals surface area contributed by atoms with E-state index in [2.05, 4.69) is 5.32 Å². The van der Waals surface area contributed by atoms with Crippen LogP contribution in [0.15, 0.2) is 0 Å². The number of nitrogens with one attached hydrogen (secondary N) is 1. The van der Waals surface area contributed by atoms with Gasteiger partial charge in [-0.15, -0.1) is 0 Å². The molecule has 1 N–H and O–H groups in total. The predicted molar refractivity (Wildman–Crippen MR) is 65.3 cm³/mol. The summed E-state index contributed by atoms with van der Waals surface area (Å²) in [4.78, 5) is 24.9. The fourth-order valence-corrected chi connectivity index (χ4v) is 1.11. The minimum Gasteiger partial charge on any atom is -0.355 e. The van der Waals surface area contributed by atoms with Gasteiger partial charge in [-0.05, 0) is 14.1 Å². The van der Waals surface area contributed by atoms with Crippen LogP contribution in [0.2, 0.25) is 0 Å². The van der Waals surface area contributed by atoms with Crippen LogP contribution in [0.1, 0.15) is 33.6 Å². The third-order valence-corrected chi connectivity index (χ3v) is 2.30. The second-order valence-electron chi connectivity index (χ2n) is 5.33. The highest BCUT2D eigenvalue weighted by atomic mass is 16.2. The molecule has 0 aliphatic rings. The first-order valence-corrected chi connectivity index (χ1v) is 5.68. The SMILES string of the molecule is CN(C)CCNC(=O)CCC(=O)C(C)(C)C. The van der Waals surface area contributed by atoms with Crippen molar-refractivity contribution in [3.05, 3.63) is 0 Å². The highest BCUT2D eigenvalue weighted by Crippen LogP contribution is 2.17. The van der Waals surface area contributed by atoms with Gasteiger partial charge in [-0.2, -0.15) is 0 Å². The Bertz CT molecular complexity index is 242. The number of rotatable bonds is 6. The van der Waals surface area contributed by atoms with E-state index >= 15 is 0 Å². The fourth-order valence-electron chi connectivity index (χ4n) is 1.11. The summed E-state index contributed by atoms with van der Waals surface area (Å²) in [5.41, 5.74) is -0.343. The molecule has 0 unspecified atom stereocenters. The lowest BCUT2D eigenvalue weighted by Crippen LogP contribution is -2.32. The van der Waals surface area contributed by atoms with Crippen LogP contribution in [0.3, 0.4) is 0 Å². The Hall–Kier alpha value is -0.900. The Morgan fingerprint density at radius 2 is 1.69 bits per heavy atom. The molecule has 0 aromatic carbocycles. The number of Topliss-reactive ketones (excluding diaryl/α,β-unsaturated/α-hetero) is 1. The lowest BCUT2D eigenvalue weighted by atomic mass is 9.88. The van der Waals surface area contributed by atoms with Crippen LogP contribution >= 0.6 is 0 Å². The van der Waals surface area contributed by atoms with Gasteiger partial charge >= 0.3 is 0 Å². The molecular weight excluding hydrogens is 204 g/mol. The molecule has 0 saturated heterocycles. The zero-order valence-electron chi connectivity index (χ0n) is 11.1. The number of nitrogens with zero attached hydrogens (tertiary/aromatic N) is 1. The summed E-state index contributed by atoms with van der Waals surface area (Å²) in [7, 11) is 3.91. The highest BCUT2D eigenvalue weighted by Gasteiger charge is 2.21. The molecule has 4 heteroatoms. The van der Waals surface area contributed by atoms with Gasteiger partial charge < -0.3 is 10.2 Å². The Morgan fingerprint density at radius 1 is 1.12 bits per heavy atom. The number of amides is 1. The van der Waals surface area contributed by atoms with Gasteiger partial charge in [0.15, 0.2) is 0 Å². The average Bonchev–Trinajstić information content (AvgIpc) is 2.11. The second kappa shape index (κ2) is 6.63. The van der Waals surface area contributed by atoms with E-state index in [1.807, 2.05) is 39.8 Å². The van der Waals surface area contributed by atoms with Crippen LogP contribution in [0, 0.1) is 5.41 Å². The van der Waals surface area contributed by atoms with Crippen molar-refractivity contribution < 1.29 is 9.59 Å². The maximum atomic E-state index is 11.6. The second-order valence-corrected chi connectivity index (χ2v) is 5.33. The molecule has 0 radical (unpaired) electrons. The third kappa shape index (κ3) is 7.40. The number of hydrogen-bond donors (Lipinski definition) is 1. The van der Waals surface area contributed by atoms with Crippen molar-refractivity contribution in [1.82, 2.24) is 10.2 Å². The molecule has 1 amide bonds. The molecule has 0 rings (SSSR count). The standard InChI is InChI=1S/C12H24N2O2/c1-12(2,3)10(15)6-7-11(16)13-8-9-14(4)5/h6-9H2,1-5H3,(H,13,16). The molecule has 0 aliphatic carbocycles. The van der Waals surface area contributed by atoms with Crippen LogP contribution in [-0.4, -0.2) is 43.8 Å². The quantitative estimate of drug-likeness (QED) is 0.739. The van der Waals surface area contributed by atoms with Crippen LogP contribution in [0.5, 0.6) is 0 Å². The number of hydrogen-bond acceptors (Lipinski definition) is 3. The molecule has 94 valence electrons. The maximum Gasteiger partial charge on any atom is 0.220 e. The Balaban J connectivity index is 3.70. The summed E-state index contributed by atoms with van der Waals surface area (Å²) in [6, 6.07) is 0. The monoisotopic (exact) mass is 228 g/mol. The molecule has 0 heterocycles. The molecule has 0 fully saturated rings. The summed E-state index contributed by atoms with van der Waals surface area (Å²) >= 11 is 0. The van der Waals surface area contributed by atoms with Crippen molar-refractivity contribution in [3.8, 4) is 0 Å². The first-order valence-electron chi connectivity index (χ1n) is 5.68. The Morgan fingerprint density at radius 3 is 2.12 bits per heavy atom. The van der Waals surface area contributed by atoms with Crippen LogP contribution in [-0.2, 0) is 9.59 Å². The summed E-state index contributed by atoms with van der Waals surface area (Å²) < 4.78 is 0. The molecule has 4 nitrogen and oxygen atoms in total. The Kier molecular flexibility index (Phi) is 6.26. The van der Waals surface area contributed by atoms with Gasteiger partial charge in [-0.3, -0.25) is 9.59 Å². The molecule has 0 saturated carbocycles. The van der Waals surface area contributed by atoms with E-state index in [9.17, 15) is 9.59 Å². The molecule has 0 aromatic rings. The summed E-state index contributed by atoms with van der Waals surface area (Å²) in [5, 5.41) is 2.79. The van der Waals surface area contributed by atoms with Gasteiger partial charge in [0, 0.05) is 31.3 Å².